The summed E-state index contributed by atoms with van der Waals surface area (Å²) in [5, 5.41) is 0.887. The number of hydrogen-bond donors (Lipinski definition) is 0. The molecule has 0 N–H and O–H groups in total. The van der Waals surface area contributed by atoms with Gasteiger partial charge in [0.2, 0.25) is 0 Å². The Bertz CT molecular complexity index is 337. The lowest BCUT2D eigenvalue weighted by Crippen LogP contribution is -2.03. The fraction of sp³-hybridized carbons (Fsp3) is 0.538. The first kappa shape index (κ1) is 11.0. The van der Waals surface area contributed by atoms with Crippen molar-refractivity contribution >= 4 is 11.6 Å². The number of halogens is 1. The maximum absolute atomic E-state index is 6.20. The number of hydrogen-bond acceptors (Lipinski definition) is 1. The van der Waals surface area contributed by atoms with E-state index in [4.69, 9.17) is 16.3 Å². The van der Waals surface area contributed by atoms with Crippen molar-refractivity contribution in [3.8, 4) is 0 Å². The smallest absolute Gasteiger partial charge is 0.0844 e. The minimum atomic E-state index is 0.446. The minimum Gasteiger partial charge on any atom is -0.370 e. The highest BCUT2D eigenvalue weighted by Crippen LogP contribution is 2.36. The molecule has 3 unspecified atom stereocenters. The summed E-state index contributed by atoms with van der Waals surface area (Å²) in [6.07, 6.45) is 3.12. The molecule has 0 aromatic heterocycles. The highest BCUT2D eigenvalue weighted by atomic mass is 35.5. The molecule has 0 amide bonds. The molecule has 2 heteroatoms. The van der Waals surface area contributed by atoms with E-state index in [0.29, 0.717) is 18.1 Å². The zero-order chi connectivity index (χ0) is 10.8. The summed E-state index contributed by atoms with van der Waals surface area (Å²) in [7, 11) is 0. The first-order valence-electron chi connectivity index (χ1n) is 5.62. The molecular weight excluding hydrogens is 208 g/mol. The third kappa shape index (κ3) is 2.53. The van der Waals surface area contributed by atoms with Crippen molar-refractivity contribution in [2.24, 2.45) is 0 Å². The summed E-state index contributed by atoms with van der Waals surface area (Å²) >= 11 is 6.20. The Balaban J connectivity index is 2.08. The molecule has 82 valence electrons. The first-order chi connectivity index (χ1) is 7.22. The largest absolute Gasteiger partial charge is 0.370 e. The van der Waals surface area contributed by atoms with Crippen LogP contribution < -0.4 is 0 Å². The van der Waals surface area contributed by atoms with Crippen molar-refractivity contribution < 1.29 is 4.74 Å². The highest BCUT2D eigenvalue weighted by Gasteiger charge is 2.36. The van der Waals surface area contributed by atoms with Crippen LogP contribution in [0.2, 0.25) is 5.02 Å². The van der Waals surface area contributed by atoms with E-state index in [1.807, 2.05) is 12.1 Å². The molecule has 0 bridgehead atoms. The van der Waals surface area contributed by atoms with Crippen molar-refractivity contribution in [2.75, 3.05) is 0 Å². The maximum atomic E-state index is 6.20. The van der Waals surface area contributed by atoms with Gasteiger partial charge in [0, 0.05) is 5.02 Å². The normalized spacial score (nSPS) is 26.3. The summed E-state index contributed by atoms with van der Waals surface area (Å²) in [6.45, 7) is 4.34. The van der Waals surface area contributed by atoms with Crippen LogP contribution in [0.1, 0.15) is 38.2 Å². The van der Waals surface area contributed by atoms with Gasteiger partial charge in [-0.2, -0.15) is 0 Å². The molecule has 1 aliphatic heterocycles. The predicted molar refractivity (Wildman–Crippen MR) is 63.4 cm³/mol. The van der Waals surface area contributed by atoms with E-state index in [1.165, 1.54) is 5.56 Å². The Morgan fingerprint density at radius 2 is 2.07 bits per heavy atom. The predicted octanol–water partition coefficient (Wildman–Crippen LogP) is 4.01. The Morgan fingerprint density at radius 1 is 1.40 bits per heavy atom. The summed E-state index contributed by atoms with van der Waals surface area (Å²) in [4.78, 5) is 0. The summed E-state index contributed by atoms with van der Waals surface area (Å²) in [5.74, 6) is 0.536. The van der Waals surface area contributed by atoms with Crippen molar-refractivity contribution in [3.63, 3.8) is 0 Å². The number of rotatable bonds is 4. The fourth-order valence-electron chi connectivity index (χ4n) is 2.08. The SMILES string of the molecule is CCC(CC1OC1C)c1ccccc1Cl. The van der Waals surface area contributed by atoms with E-state index in [-0.39, 0.29) is 0 Å². The lowest BCUT2D eigenvalue weighted by atomic mass is 9.91. The maximum Gasteiger partial charge on any atom is 0.0844 e. The van der Waals surface area contributed by atoms with Gasteiger partial charge in [-0.05, 0) is 37.3 Å². The van der Waals surface area contributed by atoms with Gasteiger partial charge in [-0.25, -0.2) is 0 Å². The summed E-state index contributed by atoms with van der Waals surface area (Å²) in [6, 6.07) is 8.14. The second kappa shape index (κ2) is 4.54. The second-order valence-electron chi connectivity index (χ2n) is 4.24. The molecule has 3 atom stereocenters. The van der Waals surface area contributed by atoms with Crippen molar-refractivity contribution in [1.82, 2.24) is 0 Å². The molecule has 0 saturated carbocycles. The van der Waals surface area contributed by atoms with Gasteiger partial charge in [0.1, 0.15) is 0 Å². The Kier molecular flexibility index (Phi) is 3.32. The standard InChI is InChI=1S/C13H17ClO/c1-3-10(8-13-9(2)15-13)11-6-4-5-7-12(11)14/h4-7,9-10,13H,3,8H2,1-2H3. The third-order valence-corrected chi connectivity index (χ3v) is 3.54. The quantitative estimate of drug-likeness (QED) is 0.704. The molecule has 0 spiro atoms. The van der Waals surface area contributed by atoms with Crippen LogP contribution in [0.4, 0.5) is 0 Å². The lowest BCUT2D eigenvalue weighted by molar-refractivity contribution is 0.357. The van der Waals surface area contributed by atoms with Crippen LogP contribution in [0, 0.1) is 0 Å². The van der Waals surface area contributed by atoms with E-state index in [2.05, 4.69) is 26.0 Å². The van der Waals surface area contributed by atoms with Crippen molar-refractivity contribution in [1.29, 1.82) is 0 Å². The van der Waals surface area contributed by atoms with E-state index >= 15 is 0 Å². The number of epoxide rings is 1. The van der Waals surface area contributed by atoms with E-state index in [0.717, 1.165) is 17.9 Å². The van der Waals surface area contributed by atoms with Crippen LogP contribution in [-0.2, 0) is 4.74 Å². The van der Waals surface area contributed by atoms with Crippen molar-refractivity contribution in [3.05, 3.63) is 34.9 Å². The van der Waals surface area contributed by atoms with Gasteiger partial charge in [0.25, 0.3) is 0 Å². The molecule has 1 aromatic carbocycles. The van der Waals surface area contributed by atoms with Gasteiger partial charge >= 0.3 is 0 Å². The van der Waals surface area contributed by atoms with Gasteiger partial charge < -0.3 is 4.74 Å². The van der Waals surface area contributed by atoms with Gasteiger partial charge in [-0.1, -0.05) is 36.7 Å². The van der Waals surface area contributed by atoms with E-state index in [9.17, 15) is 0 Å². The van der Waals surface area contributed by atoms with Crippen LogP contribution in [-0.4, -0.2) is 12.2 Å². The number of benzene rings is 1. The average Bonchev–Trinajstić information content (AvgIpc) is 2.92. The van der Waals surface area contributed by atoms with Crippen LogP contribution in [0.3, 0.4) is 0 Å². The van der Waals surface area contributed by atoms with E-state index < -0.39 is 0 Å². The molecule has 15 heavy (non-hydrogen) atoms. The molecule has 1 aromatic rings. The molecule has 1 heterocycles. The molecule has 0 radical (unpaired) electrons. The lowest BCUT2D eigenvalue weighted by Gasteiger charge is -2.15. The first-order valence-corrected chi connectivity index (χ1v) is 6.00. The molecule has 1 saturated heterocycles. The van der Waals surface area contributed by atoms with Gasteiger partial charge in [-0.3, -0.25) is 0 Å². The second-order valence-corrected chi connectivity index (χ2v) is 4.65. The average molecular weight is 225 g/mol. The molecule has 1 nitrogen and oxygen atoms in total. The Morgan fingerprint density at radius 3 is 2.60 bits per heavy atom. The van der Waals surface area contributed by atoms with Crippen LogP contribution in [0.15, 0.2) is 24.3 Å². The zero-order valence-corrected chi connectivity index (χ0v) is 10.00. The third-order valence-electron chi connectivity index (χ3n) is 3.19. The monoisotopic (exact) mass is 224 g/mol. The molecule has 1 aliphatic rings. The molecule has 2 rings (SSSR count). The van der Waals surface area contributed by atoms with Crippen LogP contribution in [0.5, 0.6) is 0 Å². The van der Waals surface area contributed by atoms with Gasteiger partial charge in [0.15, 0.2) is 0 Å². The number of ether oxygens (including phenoxy) is 1. The minimum absolute atomic E-state index is 0.446. The van der Waals surface area contributed by atoms with Crippen LogP contribution >= 0.6 is 11.6 Å². The fourth-order valence-corrected chi connectivity index (χ4v) is 2.37. The molecule has 0 aliphatic carbocycles. The molecular formula is C13H17ClO. The van der Waals surface area contributed by atoms with Gasteiger partial charge in [0.05, 0.1) is 12.2 Å². The van der Waals surface area contributed by atoms with E-state index in [1.54, 1.807) is 0 Å². The van der Waals surface area contributed by atoms with Crippen LogP contribution in [0.25, 0.3) is 0 Å². The van der Waals surface area contributed by atoms with Crippen molar-refractivity contribution in [2.45, 2.75) is 44.8 Å². The zero-order valence-electron chi connectivity index (χ0n) is 9.24. The Hall–Kier alpha value is -0.530. The topological polar surface area (TPSA) is 12.5 Å². The summed E-state index contributed by atoms with van der Waals surface area (Å²) in [5.41, 5.74) is 1.27. The Labute approximate surface area is 96.4 Å². The molecule has 1 fully saturated rings. The summed E-state index contributed by atoms with van der Waals surface area (Å²) < 4.78 is 5.47. The van der Waals surface area contributed by atoms with Gasteiger partial charge in [-0.15, -0.1) is 0 Å². The highest BCUT2D eigenvalue weighted by molar-refractivity contribution is 6.31.